The van der Waals surface area contributed by atoms with E-state index in [9.17, 15) is 13.2 Å². The zero-order valence-corrected chi connectivity index (χ0v) is 10.3. The minimum Gasteiger partial charge on any atom is -0.478 e. The average molecular weight is 274 g/mol. The van der Waals surface area contributed by atoms with Crippen LogP contribution < -0.4 is 0 Å². The van der Waals surface area contributed by atoms with Crippen LogP contribution in [0.4, 0.5) is 0 Å². The molecule has 0 aliphatic heterocycles. The zero-order chi connectivity index (χ0) is 13.8. The molecule has 6 nitrogen and oxygen atoms in total. The molecule has 1 unspecified atom stereocenters. The van der Waals surface area contributed by atoms with Crippen LogP contribution in [0.1, 0.15) is 15.9 Å². The van der Waals surface area contributed by atoms with Crippen LogP contribution in [0, 0.1) is 0 Å². The van der Waals surface area contributed by atoms with Crippen LogP contribution in [0.15, 0.2) is 24.3 Å². The van der Waals surface area contributed by atoms with E-state index in [4.69, 9.17) is 15.3 Å². The number of aliphatic hydroxyl groups excluding tert-OH is 2. The number of carboxylic acids is 1. The summed E-state index contributed by atoms with van der Waals surface area (Å²) in [6.07, 6.45) is -1.32. The van der Waals surface area contributed by atoms with Crippen molar-refractivity contribution >= 4 is 15.8 Å². The molecule has 0 amide bonds. The number of sulfone groups is 1. The SMILES string of the molecule is O=C(O)c1cccc(CS(=O)(=O)CC(O)CO)c1. The number of aromatic carboxylic acids is 1. The highest BCUT2D eigenvalue weighted by Crippen LogP contribution is 2.10. The lowest BCUT2D eigenvalue weighted by Crippen LogP contribution is -2.25. The fourth-order valence-electron chi connectivity index (χ4n) is 1.45. The maximum absolute atomic E-state index is 11.6. The Morgan fingerprint density at radius 3 is 2.56 bits per heavy atom. The average Bonchev–Trinajstić information content (AvgIpc) is 2.27. The maximum Gasteiger partial charge on any atom is 0.335 e. The molecule has 0 spiro atoms. The Labute approximate surface area is 104 Å². The summed E-state index contributed by atoms with van der Waals surface area (Å²) in [7, 11) is -3.59. The monoisotopic (exact) mass is 274 g/mol. The first kappa shape index (κ1) is 14.6. The number of hydrogen-bond donors (Lipinski definition) is 3. The highest BCUT2D eigenvalue weighted by atomic mass is 32.2. The lowest BCUT2D eigenvalue weighted by atomic mass is 10.1. The van der Waals surface area contributed by atoms with Crippen molar-refractivity contribution in [1.82, 2.24) is 0 Å². The first-order chi connectivity index (χ1) is 8.34. The van der Waals surface area contributed by atoms with Gasteiger partial charge in [0.1, 0.15) is 0 Å². The molecular weight excluding hydrogens is 260 g/mol. The van der Waals surface area contributed by atoms with Gasteiger partial charge in [0.25, 0.3) is 0 Å². The molecule has 0 fully saturated rings. The Balaban J connectivity index is 2.84. The van der Waals surface area contributed by atoms with E-state index in [0.29, 0.717) is 5.56 Å². The molecule has 0 bridgehead atoms. The normalized spacial score (nSPS) is 13.2. The summed E-state index contributed by atoms with van der Waals surface area (Å²) in [5.41, 5.74) is 0.338. The molecule has 0 aliphatic rings. The molecule has 0 aliphatic carbocycles. The third-order valence-corrected chi connectivity index (χ3v) is 3.88. The predicted octanol–water partition coefficient (Wildman–Crippen LogP) is -0.347. The number of benzene rings is 1. The summed E-state index contributed by atoms with van der Waals surface area (Å²) in [5, 5.41) is 26.4. The third kappa shape index (κ3) is 4.44. The fourth-order valence-corrected chi connectivity index (χ4v) is 2.95. The summed E-state index contributed by atoms with van der Waals surface area (Å²) >= 11 is 0. The molecule has 0 saturated carbocycles. The lowest BCUT2D eigenvalue weighted by Gasteiger charge is -2.08. The molecule has 0 radical (unpaired) electrons. The summed E-state index contributed by atoms with van der Waals surface area (Å²) in [4.78, 5) is 10.7. The smallest absolute Gasteiger partial charge is 0.335 e. The molecule has 18 heavy (non-hydrogen) atoms. The van der Waals surface area contributed by atoms with Gasteiger partial charge in [-0.2, -0.15) is 0 Å². The molecular formula is C11H14O6S. The molecule has 1 rings (SSSR count). The van der Waals surface area contributed by atoms with Crippen molar-refractivity contribution in [3.63, 3.8) is 0 Å². The largest absolute Gasteiger partial charge is 0.478 e. The van der Waals surface area contributed by atoms with Crippen LogP contribution in [0.25, 0.3) is 0 Å². The van der Waals surface area contributed by atoms with Gasteiger partial charge in [0.15, 0.2) is 9.84 Å². The Bertz CT molecular complexity index is 522. The van der Waals surface area contributed by atoms with Crippen LogP contribution in [0.2, 0.25) is 0 Å². The van der Waals surface area contributed by atoms with Gasteiger partial charge in [-0.25, -0.2) is 13.2 Å². The van der Waals surface area contributed by atoms with E-state index < -0.39 is 34.3 Å². The number of rotatable bonds is 6. The first-order valence-electron chi connectivity index (χ1n) is 5.15. The van der Waals surface area contributed by atoms with Crippen LogP contribution >= 0.6 is 0 Å². The molecule has 1 aromatic rings. The van der Waals surface area contributed by atoms with Crippen molar-refractivity contribution in [2.24, 2.45) is 0 Å². The highest BCUT2D eigenvalue weighted by Gasteiger charge is 2.18. The van der Waals surface area contributed by atoms with Gasteiger partial charge in [0.2, 0.25) is 0 Å². The van der Waals surface area contributed by atoms with Gasteiger partial charge >= 0.3 is 5.97 Å². The van der Waals surface area contributed by atoms with Crippen molar-refractivity contribution in [1.29, 1.82) is 0 Å². The second-order valence-electron chi connectivity index (χ2n) is 3.90. The van der Waals surface area contributed by atoms with E-state index >= 15 is 0 Å². The Hall–Kier alpha value is -1.44. The minimum absolute atomic E-state index is 0.00501. The number of aliphatic hydroxyl groups is 2. The van der Waals surface area contributed by atoms with Crippen LogP contribution in [0.3, 0.4) is 0 Å². The first-order valence-corrected chi connectivity index (χ1v) is 6.98. The Morgan fingerprint density at radius 2 is 2.00 bits per heavy atom. The van der Waals surface area contributed by atoms with Gasteiger partial charge in [0.05, 0.1) is 29.8 Å². The van der Waals surface area contributed by atoms with Crippen molar-refractivity contribution in [2.75, 3.05) is 12.4 Å². The summed E-state index contributed by atoms with van der Waals surface area (Å²) in [6.45, 7) is -0.631. The molecule has 1 atom stereocenters. The van der Waals surface area contributed by atoms with E-state index in [-0.39, 0.29) is 11.3 Å². The van der Waals surface area contributed by atoms with E-state index in [0.717, 1.165) is 0 Å². The van der Waals surface area contributed by atoms with E-state index in [1.807, 2.05) is 0 Å². The lowest BCUT2D eigenvalue weighted by molar-refractivity contribution is 0.0696. The van der Waals surface area contributed by atoms with Crippen LogP contribution in [-0.4, -0.2) is 48.2 Å². The summed E-state index contributed by atoms with van der Waals surface area (Å²) < 4.78 is 23.3. The van der Waals surface area contributed by atoms with Crippen LogP contribution in [-0.2, 0) is 15.6 Å². The van der Waals surface area contributed by atoms with Gasteiger partial charge in [0, 0.05) is 0 Å². The summed E-state index contributed by atoms with van der Waals surface area (Å²) in [5.74, 6) is -2.06. The summed E-state index contributed by atoms with van der Waals surface area (Å²) in [6, 6.07) is 5.58. The van der Waals surface area contributed by atoms with Gasteiger partial charge in [-0.15, -0.1) is 0 Å². The van der Waals surface area contributed by atoms with E-state index in [1.54, 1.807) is 0 Å². The molecule has 7 heteroatoms. The molecule has 3 N–H and O–H groups in total. The molecule has 1 aromatic carbocycles. The van der Waals surface area contributed by atoms with Crippen molar-refractivity contribution in [3.05, 3.63) is 35.4 Å². The number of hydrogen-bond acceptors (Lipinski definition) is 5. The maximum atomic E-state index is 11.6. The van der Waals surface area contributed by atoms with Gasteiger partial charge in [-0.05, 0) is 17.7 Å². The zero-order valence-electron chi connectivity index (χ0n) is 9.48. The van der Waals surface area contributed by atoms with Crippen molar-refractivity contribution < 1.29 is 28.5 Å². The van der Waals surface area contributed by atoms with E-state index in [1.165, 1.54) is 24.3 Å². The fraction of sp³-hybridized carbons (Fsp3) is 0.364. The topological polar surface area (TPSA) is 112 Å². The Morgan fingerprint density at radius 1 is 1.33 bits per heavy atom. The van der Waals surface area contributed by atoms with Crippen LogP contribution in [0.5, 0.6) is 0 Å². The van der Waals surface area contributed by atoms with Gasteiger partial charge in [-0.3, -0.25) is 0 Å². The minimum atomic E-state index is -3.59. The second kappa shape index (κ2) is 5.94. The van der Waals surface area contributed by atoms with Crippen molar-refractivity contribution in [2.45, 2.75) is 11.9 Å². The molecule has 100 valence electrons. The van der Waals surface area contributed by atoms with E-state index in [2.05, 4.69) is 0 Å². The van der Waals surface area contributed by atoms with Gasteiger partial charge in [-0.1, -0.05) is 12.1 Å². The molecule has 0 heterocycles. The highest BCUT2D eigenvalue weighted by molar-refractivity contribution is 7.90. The second-order valence-corrected chi connectivity index (χ2v) is 6.01. The molecule has 0 saturated heterocycles. The van der Waals surface area contributed by atoms with Gasteiger partial charge < -0.3 is 15.3 Å². The number of carbonyl (C=O) groups is 1. The molecule has 0 aromatic heterocycles. The Kier molecular flexibility index (Phi) is 4.83. The number of carboxylic acid groups (broad SMARTS) is 1. The predicted molar refractivity (Wildman–Crippen MR) is 64.0 cm³/mol. The quantitative estimate of drug-likeness (QED) is 0.654. The van der Waals surface area contributed by atoms with Crippen molar-refractivity contribution in [3.8, 4) is 0 Å². The standard InChI is InChI=1S/C11H14O6S/c12-5-10(13)7-18(16,17)6-8-2-1-3-9(4-8)11(14)15/h1-4,10,12-13H,5-7H2,(H,14,15). The third-order valence-electron chi connectivity index (χ3n) is 2.22.